The molecule has 0 amide bonds. The third-order valence-electron chi connectivity index (χ3n) is 3.43. The lowest BCUT2D eigenvalue weighted by molar-refractivity contribution is 0.0990. The Morgan fingerprint density at radius 3 is 2.60 bits per heavy atom. The van der Waals surface area contributed by atoms with Gasteiger partial charge in [0, 0.05) is 10.9 Å². The molecule has 0 N–H and O–H groups in total. The lowest BCUT2D eigenvalue weighted by Crippen LogP contribution is -2.07. The van der Waals surface area contributed by atoms with E-state index in [9.17, 15) is 4.79 Å². The van der Waals surface area contributed by atoms with Crippen LogP contribution in [0.3, 0.4) is 0 Å². The standard InChI is InChI=1S/C17H17BrO2/c1-11-7-8-15(17(20-3)12(11)2)16(19)10-13-5-4-6-14(18)9-13/h4-9H,10H2,1-3H3. The molecule has 0 aliphatic carbocycles. The predicted molar refractivity (Wildman–Crippen MR) is 84.6 cm³/mol. The van der Waals surface area contributed by atoms with Crippen LogP contribution in [0.5, 0.6) is 5.75 Å². The highest BCUT2D eigenvalue weighted by molar-refractivity contribution is 9.10. The van der Waals surface area contributed by atoms with Crippen molar-refractivity contribution in [1.29, 1.82) is 0 Å². The number of rotatable bonds is 4. The largest absolute Gasteiger partial charge is 0.496 e. The maximum absolute atomic E-state index is 12.5. The normalized spacial score (nSPS) is 10.4. The molecule has 0 unspecified atom stereocenters. The molecular weight excluding hydrogens is 316 g/mol. The molecule has 0 aromatic heterocycles. The summed E-state index contributed by atoms with van der Waals surface area (Å²) in [6.45, 7) is 3.99. The number of aryl methyl sites for hydroxylation is 1. The van der Waals surface area contributed by atoms with Crippen molar-refractivity contribution < 1.29 is 9.53 Å². The Balaban J connectivity index is 2.32. The van der Waals surface area contributed by atoms with Gasteiger partial charge in [0.1, 0.15) is 5.75 Å². The minimum Gasteiger partial charge on any atom is -0.496 e. The fraction of sp³-hybridized carbons (Fsp3) is 0.235. The van der Waals surface area contributed by atoms with E-state index >= 15 is 0 Å². The first-order valence-electron chi connectivity index (χ1n) is 6.44. The molecule has 0 bridgehead atoms. The molecule has 0 aliphatic rings. The van der Waals surface area contributed by atoms with Gasteiger partial charge in [-0.1, -0.05) is 34.1 Å². The molecule has 0 spiro atoms. The summed E-state index contributed by atoms with van der Waals surface area (Å²) >= 11 is 3.42. The van der Waals surface area contributed by atoms with Crippen LogP contribution in [0.4, 0.5) is 0 Å². The number of ether oxygens (including phenoxy) is 1. The van der Waals surface area contributed by atoms with E-state index in [1.54, 1.807) is 7.11 Å². The van der Waals surface area contributed by atoms with Crippen LogP contribution in [0.25, 0.3) is 0 Å². The highest BCUT2D eigenvalue weighted by Crippen LogP contribution is 2.27. The zero-order chi connectivity index (χ0) is 14.7. The zero-order valence-electron chi connectivity index (χ0n) is 11.9. The number of hydrogen-bond acceptors (Lipinski definition) is 2. The number of hydrogen-bond donors (Lipinski definition) is 0. The summed E-state index contributed by atoms with van der Waals surface area (Å²) in [6, 6.07) is 11.6. The van der Waals surface area contributed by atoms with Gasteiger partial charge < -0.3 is 4.74 Å². The predicted octanol–water partition coefficient (Wildman–Crippen LogP) is 4.50. The van der Waals surface area contributed by atoms with E-state index in [-0.39, 0.29) is 5.78 Å². The van der Waals surface area contributed by atoms with Gasteiger partial charge in [-0.15, -0.1) is 0 Å². The molecule has 20 heavy (non-hydrogen) atoms. The molecule has 2 rings (SSSR count). The van der Waals surface area contributed by atoms with E-state index in [2.05, 4.69) is 15.9 Å². The van der Waals surface area contributed by atoms with Crippen molar-refractivity contribution in [1.82, 2.24) is 0 Å². The third-order valence-corrected chi connectivity index (χ3v) is 3.93. The Morgan fingerprint density at radius 2 is 1.95 bits per heavy atom. The number of carbonyl (C=O) groups excluding carboxylic acids is 1. The molecule has 0 saturated carbocycles. The maximum atomic E-state index is 12.5. The van der Waals surface area contributed by atoms with Crippen LogP contribution in [0.15, 0.2) is 40.9 Å². The molecule has 0 aliphatic heterocycles. The quantitative estimate of drug-likeness (QED) is 0.770. The molecule has 0 radical (unpaired) electrons. The first kappa shape index (κ1) is 14.8. The van der Waals surface area contributed by atoms with E-state index in [0.29, 0.717) is 17.7 Å². The SMILES string of the molecule is COc1c(C(=O)Cc2cccc(Br)c2)ccc(C)c1C. The van der Waals surface area contributed by atoms with Gasteiger partial charge in [0.15, 0.2) is 5.78 Å². The maximum Gasteiger partial charge on any atom is 0.170 e. The van der Waals surface area contributed by atoms with Gasteiger partial charge in [-0.3, -0.25) is 4.79 Å². The lowest BCUT2D eigenvalue weighted by atomic mass is 9.98. The number of carbonyl (C=O) groups is 1. The van der Waals surface area contributed by atoms with Crippen molar-refractivity contribution >= 4 is 21.7 Å². The fourth-order valence-corrected chi connectivity index (χ4v) is 2.65. The Labute approximate surface area is 127 Å². The van der Waals surface area contributed by atoms with Gasteiger partial charge in [0.05, 0.1) is 12.7 Å². The van der Waals surface area contributed by atoms with Crippen molar-refractivity contribution in [2.75, 3.05) is 7.11 Å². The summed E-state index contributed by atoms with van der Waals surface area (Å²) in [4.78, 5) is 12.5. The minimum absolute atomic E-state index is 0.0723. The molecule has 0 fully saturated rings. The smallest absolute Gasteiger partial charge is 0.170 e. The van der Waals surface area contributed by atoms with E-state index in [4.69, 9.17) is 4.74 Å². The van der Waals surface area contributed by atoms with Gasteiger partial charge in [-0.05, 0) is 48.7 Å². The van der Waals surface area contributed by atoms with Crippen LogP contribution >= 0.6 is 15.9 Å². The number of halogens is 1. The van der Waals surface area contributed by atoms with Crippen molar-refractivity contribution in [3.05, 3.63) is 63.1 Å². The van der Waals surface area contributed by atoms with Gasteiger partial charge in [0.25, 0.3) is 0 Å². The van der Waals surface area contributed by atoms with Gasteiger partial charge in [0.2, 0.25) is 0 Å². The Hall–Kier alpha value is -1.61. The van der Waals surface area contributed by atoms with E-state index < -0.39 is 0 Å². The average Bonchev–Trinajstić information content (AvgIpc) is 2.41. The molecule has 3 heteroatoms. The van der Waals surface area contributed by atoms with Crippen molar-refractivity contribution in [3.63, 3.8) is 0 Å². The first-order chi connectivity index (χ1) is 9.52. The number of methoxy groups -OCH3 is 1. The van der Waals surface area contributed by atoms with E-state index in [0.717, 1.165) is 21.2 Å². The monoisotopic (exact) mass is 332 g/mol. The topological polar surface area (TPSA) is 26.3 Å². The van der Waals surface area contributed by atoms with Crippen molar-refractivity contribution in [3.8, 4) is 5.75 Å². The van der Waals surface area contributed by atoms with Gasteiger partial charge in [-0.25, -0.2) is 0 Å². The molecule has 0 saturated heterocycles. The fourth-order valence-electron chi connectivity index (χ4n) is 2.20. The molecule has 0 atom stereocenters. The van der Waals surface area contributed by atoms with Gasteiger partial charge >= 0.3 is 0 Å². The summed E-state index contributed by atoms with van der Waals surface area (Å²) in [6.07, 6.45) is 0.373. The van der Waals surface area contributed by atoms with Crippen LogP contribution in [0, 0.1) is 13.8 Å². The van der Waals surface area contributed by atoms with Crippen LogP contribution < -0.4 is 4.74 Å². The second-order valence-corrected chi connectivity index (χ2v) is 5.73. The summed E-state index contributed by atoms with van der Waals surface area (Å²) in [5, 5.41) is 0. The summed E-state index contributed by atoms with van der Waals surface area (Å²) < 4.78 is 6.39. The lowest BCUT2D eigenvalue weighted by Gasteiger charge is -2.12. The van der Waals surface area contributed by atoms with Crippen LogP contribution in [0.2, 0.25) is 0 Å². The van der Waals surface area contributed by atoms with Crippen LogP contribution in [-0.2, 0) is 6.42 Å². The Kier molecular flexibility index (Phi) is 4.61. The summed E-state index contributed by atoms with van der Waals surface area (Å²) in [7, 11) is 1.61. The minimum atomic E-state index is 0.0723. The highest BCUT2D eigenvalue weighted by Gasteiger charge is 2.15. The van der Waals surface area contributed by atoms with Crippen LogP contribution in [-0.4, -0.2) is 12.9 Å². The summed E-state index contributed by atoms with van der Waals surface area (Å²) in [5.74, 6) is 0.757. The highest BCUT2D eigenvalue weighted by atomic mass is 79.9. The third kappa shape index (κ3) is 3.10. The molecule has 0 heterocycles. The number of ketones is 1. The zero-order valence-corrected chi connectivity index (χ0v) is 13.5. The average molecular weight is 333 g/mol. The van der Waals surface area contributed by atoms with Crippen LogP contribution in [0.1, 0.15) is 27.0 Å². The van der Waals surface area contributed by atoms with Crippen molar-refractivity contribution in [2.24, 2.45) is 0 Å². The Morgan fingerprint density at radius 1 is 1.20 bits per heavy atom. The molecule has 104 valence electrons. The summed E-state index contributed by atoms with van der Waals surface area (Å²) in [5.41, 5.74) is 3.79. The Bertz CT molecular complexity index is 647. The molecule has 2 aromatic rings. The van der Waals surface area contributed by atoms with Crippen molar-refractivity contribution in [2.45, 2.75) is 20.3 Å². The molecule has 2 nitrogen and oxygen atoms in total. The van der Waals surface area contributed by atoms with E-state index in [1.165, 1.54) is 0 Å². The second-order valence-electron chi connectivity index (χ2n) is 4.82. The first-order valence-corrected chi connectivity index (χ1v) is 7.24. The molecule has 2 aromatic carbocycles. The molecular formula is C17H17BrO2. The number of Topliss-reactive ketones (excluding diaryl/α,β-unsaturated/α-hetero) is 1. The number of benzene rings is 2. The second kappa shape index (κ2) is 6.23. The van der Waals surface area contributed by atoms with E-state index in [1.807, 2.05) is 50.2 Å². The van der Waals surface area contributed by atoms with Gasteiger partial charge in [-0.2, -0.15) is 0 Å².